The Kier molecular flexibility index (Phi) is 6.52. The first-order valence-electron chi connectivity index (χ1n) is 10.4. The Labute approximate surface area is 170 Å². The summed E-state index contributed by atoms with van der Waals surface area (Å²) in [5.41, 5.74) is 1.00. The maximum Gasteiger partial charge on any atom is 0.410 e. The second-order valence-electron chi connectivity index (χ2n) is 9.55. The molecule has 3 rings (SSSR count). The highest BCUT2D eigenvalue weighted by Gasteiger charge is 2.45. The highest BCUT2D eigenvalue weighted by molar-refractivity contribution is 6.74. The molecule has 28 heavy (non-hydrogen) atoms. The number of ether oxygens (including phenoxy) is 2. The Balaban J connectivity index is 1.69. The monoisotopic (exact) mass is 405 g/mol. The number of amides is 1. The summed E-state index contributed by atoms with van der Waals surface area (Å²) in [6.07, 6.45) is 2.84. The van der Waals surface area contributed by atoms with Crippen LogP contribution in [0, 0.1) is 0 Å². The van der Waals surface area contributed by atoms with Crippen molar-refractivity contribution in [2.75, 3.05) is 13.2 Å². The molecule has 156 valence electrons. The second-order valence-corrected chi connectivity index (χ2v) is 14.3. The van der Waals surface area contributed by atoms with Gasteiger partial charge >= 0.3 is 6.09 Å². The van der Waals surface area contributed by atoms with Crippen LogP contribution in [0.15, 0.2) is 30.3 Å². The third kappa shape index (κ3) is 5.36. The van der Waals surface area contributed by atoms with E-state index < -0.39 is 8.32 Å². The third-order valence-electron chi connectivity index (χ3n) is 6.32. The zero-order valence-corrected chi connectivity index (χ0v) is 18.9. The fourth-order valence-electron chi connectivity index (χ4n) is 3.50. The average Bonchev–Trinajstić information content (AvgIpc) is 3.45. The molecular weight excluding hydrogens is 370 g/mol. The van der Waals surface area contributed by atoms with E-state index in [0.717, 1.165) is 38.0 Å². The normalized spacial score (nSPS) is 25.5. The van der Waals surface area contributed by atoms with E-state index in [0.29, 0.717) is 6.61 Å². The second kappa shape index (κ2) is 8.55. The molecule has 1 unspecified atom stereocenters. The molecule has 1 aromatic carbocycles. The number of rotatable bonds is 6. The van der Waals surface area contributed by atoms with E-state index in [1.54, 1.807) is 0 Å². The maximum absolute atomic E-state index is 12.9. The van der Waals surface area contributed by atoms with Crippen molar-refractivity contribution < 1.29 is 18.7 Å². The van der Waals surface area contributed by atoms with Gasteiger partial charge in [-0.3, -0.25) is 0 Å². The molecule has 5 nitrogen and oxygen atoms in total. The van der Waals surface area contributed by atoms with Crippen LogP contribution in [-0.2, 0) is 20.5 Å². The number of nitrogens with zero attached hydrogens (tertiary/aromatic N) is 1. The molecule has 2 saturated heterocycles. The zero-order chi connectivity index (χ0) is 20.4. The van der Waals surface area contributed by atoms with Gasteiger partial charge in [0.05, 0.1) is 24.9 Å². The van der Waals surface area contributed by atoms with Crippen LogP contribution in [0.1, 0.15) is 45.6 Å². The number of epoxide rings is 1. The Morgan fingerprint density at radius 3 is 2.54 bits per heavy atom. The van der Waals surface area contributed by atoms with Crippen LogP contribution >= 0.6 is 0 Å². The van der Waals surface area contributed by atoms with Crippen molar-refractivity contribution in [3.8, 4) is 0 Å². The van der Waals surface area contributed by atoms with E-state index in [-0.39, 0.29) is 29.4 Å². The number of piperidine rings is 1. The summed E-state index contributed by atoms with van der Waals surface area (Å²) in [6.45, 7) is 13.1. The molecule has 1 aromatic rings. The highest BCUT2D eigenvalue weighted by atomic mass is 28.4. The smallest absolute Gasteiger partial charge is 0.410 e. The van der Waals surface area contributed by atoms with E-state index in [4.69, 9.17) is 13.9 Å². The largest absolute Gasteiger partial charge is 0.445 e. The van der Waals surface area contributed by atoms with E-state index in [1.807, 2.05) is 35.2 Å². The van der Waals surface area contributed by atoms with Crippen LogP contribution in [0.5, 0.6) is 0 Å². The van der Waals surface area contributed by atoms with Crippen molar-refractivity contribution in [3.05, 3.63) is 35.9 Å². The van der Waals surface area contributed by atoms with Gasteiger partial charge in [-0.15, -0.1) is 0 Å². The van der Waals surface area contributed by atoms with Crippen LogP contribution in [0.3, 0.4) is 0 Å². The minimum absolute atomic E-state index is 0.0265. The first kappa shape index (κ1) is 21.3. The van der Waals surface area contributed by atoms with Crippen LogP contribution in [0.2, 0.25) is 18.1 Å². The Morgan fingerprint density at radius 1 is 1.25 bits per heavy atom. The van der Waals surface area contributed by atoms with Crippen molar-refractivity contribution in [1.82, 2.24) is 4.90 Å². The predicted molar refractivity (Wildman–Crippen MR) is 113 cm³/mol. The molecular formula is C22H35NO4Si. The lowest BCUT2D eigenvalue weighted by molar-refractivity contribution is 0.00352. The molecule has 0 N–H and O–H groups in total. The summed E-state index contributed by atoms with van der Waals surface area (Å²) in [5.74, 6) is 0. The van der Waals surface area contributed by atoms with Gasteiger partial charge in [0, 0.05) is 6.54 Å². The van der Waals surface area contributed by atoms with Crippen LogP contribution in [-0.4, -0.2) is 50.7 Å². The summed E-state index contributed by atoms with van der Waals surface area (Å²) in [6, 6.07) is 9.86. The molecule has 0 radical (unpaired) electrons. The van der Waals surface area contributed by atoms with Gasteiger partial charge < -0.3 is 18.8 Å². The molecule has 0 saturated carbocycles. The van der Waals surface area contributed by atoms with Gasteiger partial charge in [0.1, 0.15) is 6.61 Å². The van der Waals surface area contributed by atoms with Crippen LogP contribution < -0.4 is 0 Å². The Bertz CT molecular complexity index is 654. The van der Waals surface area contributed by atoms with Gasteiger partial charge in [0.2, 0.25) is 0 Å². The highest BCUT2D eigenvalue weighted by Crippen LogP contribution is 2.40. The minimum atomic E-state index is -1.92. The number of likely N-dealkylation sites (tertiary alicyclic amines) is 1. The topological polar surface area (TPSA) is 51.3 Å². The van der Waals surface area contributed by atoms with Crippen LogP contribution in [0.25, 0.3) is 0 Å². The fourth-order valence-corrected chi connectivity index (χ4v) is 4.88. The first-order valence-corrected chi connectivity index (χ1v) is 13.3. The van der Waals surface area contributed by atoms with Crippen molar-refractivity contribution >= 4 is 14.4 Å². The fraction of sp³-hybridized carbons (Fsp3) is 0.682. The summed E-state index contributed by atoms with van der Waals surface area (Å²) in [4.78, 5) is 14.8. The minimum Gasteiger partial charge on any atom is -0.445 e. The molecule has 3 atom stereocenters. The maximum atomic E-state index is 12.9. The van der Waals surface area contributed by atoms with E-state index in [1.165, 1.54) is 0 Å². The summed E-state index contributed by atoms with van der Waals surface area (Å²) < 4.78 is 17.9. The number of hydrogen-bond donors (Lipinski definition) is 0. The van der Waals surface area contributed by atoms with Gasteiger partial charge in [0.15, 0.2) is 8.32 Å². The molecule has 2 heterocycles. The predicted octanol–water partition coefficient (Wildman–Crippen LogP) is 4.97. The van der Waals surface area contributed by atoms with Gasteiger partial charge in [-0.05, 0) is 43.0 Å². The summed E-state index contributed by atoms with van der Waals surface area (Å²) in [7, 11) is -1.92. The van der Waals surface area contributed by atoms with E-state index in [9.17, 15) is 4.79 Å². The molecule has 1 amide bonds. The van der Waals surface area contributed by atoms with Crippen molar-refractivity contribution in [1.29, 1.82) is 0 Å². The van der Waals surface area contributed by atoms with Crippen molar-refractivity contribution in [2.45, 2.75) is 83.0 Å². The quantitative estimate of drug-likeness (QED) is 0.495. The number of benzene rings is 1. The lowest BCUT2D eigenvalue weighted by Gasteiger charge is -2.46. The Morgan fingerprint density at radius 2 is 1.93 bits per heavy atom. The standard InChI is InChI=1S/C22H35NO4Si/c1-22(2,3)28(4,5)27-20-12-9-13-23(19(20)14-18-16-25-18)21(24)26-15-17-10-7-6-8-11-17/h6-8,10-11,18-20H,9,12-16H2,1-5H3/t18?,19-,20+/m1/s1. The average molecular weight is 406 g/mol. The lowest BCUT2D eigenvalue weighted by Crippen LogP contribution is -2.56. The molecule has 0 spiro atoms. The van der Waals surface area contributed by atoms with E-state index >= 15 is 0 Å². The SMILES string of the molecule is CC(C)(C)[Si](C)(C)O[C@H]1CCCN(C(=O)OCc2ccccc2)[C@@H]1CC1CO1. The number of carbonyl (C=O) groups excluding carboxylic acids is 1. The van der Waals surface area contributed by atoms with Crippen molar-refractivity contribution in [2.24, 2.45) is 0 Å². The first-order chi connectivity index (χ1) is 13.2. The summed E-state index contributed by atoms with van der Waals surface area (Å²) >= 11 is 0. The Hall–Kier alpha value is -1.37. The van der Waals surface area contributed by atoms with Crippen molar-refractivity contribution in [3.63, 3.8) is 0 Å². The molecule has 2 aliphatic heterocycles. The van der Waals surface area contributed by atoms with Gasteiger partial charge in [-0.2, -0.15) is 0 Å². The number of carbonyl (C=O) groups is 1. The van der Waals surface area contributed by atoms with Crippen LogP contribution in [0.4, 0.5) is 4.79 Å². The molecule has 2 fully saturated rings. The third-order valence-corrected chi connectivity index (χ3v) is 10.8. The molecule has 0 aliphatic carbocycles. The molecule has 0 aromatic heterocycles. The van der Waals surface area contributed by atoms with Gasteiger partial charge in [-0.1, -0.05) is 51.1 Å². The lowest BCUT2D eigenvalue weighted by atomic mass is 9.95. The van der Waals surface area contributed by atoms with Gasteiger partial charge in [0.25, 0.3) is 0 Å². The molecule has 6 heteroatoms. The van der Waals surface area contributed by atoms with Gasteiger partial charge in [-0.25, -0.2) is 4.79 Å². The molecule has 2 aliphatic rings. The zero-order valence-electron chi connectivity index (χ0n) is 17.9. The molecule has 0 bridgehead atoms. The number of hydrogen-bond acceptors (Lipinski definition) is 4. The van der Waals surface area contributed by atoms with E-state index in [2.05, 4.69) is 33.9 Å². The summed E-state index contributed by atoms with van der Waals surface area (Å²) in [5, 5.41) is 0.143.